The number of nitrogens with one attached hydrogen (secondary N) is 1. The van der Waals surface area contributed by atoms with Crippen molar-refractivity contribution in [3.8, 4) is 0 Å². The minimum absolute atomic E-state index is 0.0572. The van der Waals surface area contributed by atoms with Crippen LogP contribution in [0.3, 0.4) is 0 Å². The second-order valence-corrected chi connectivity index (χ2v) is 6.82. The highest BCUT2D eigenvalue weighted by molar-refractivity contribution is 5.94. The molecule has 0 unspecified atom stereocenters. The van der Waals surface area contributed by atoms with Crippen molar-refractivity contribution in [1.29, 1.82) is 0 Å². The highest BCUT2D eigenvalue weighted by atomic mass is 16.1. The van der Waals surface area contributed by atoms with Gasteiger partial charge in [0.05, 0.1) is 0 Å². The van der Waals surface area contributed by atoms with E-state index in [1.165, 1.54) is 5.69 Å². The van der Waals surface area contributed by atoms with Gasteiger partial charge in [-0.05, 0) is 56.2 Å². The second kappa shape index (κ2) is 9.22. The minimum atomic E-state index is -0.0572. The van der Waals surface area contributed by atoms with Crippen molar-refractivity contribution in [2.45, 2.75) is 33.9 Å². The molecule has 146 valence electrons. The molecule has 0 saturated carbocycles. The summed E-state index contributed by atoms with van der Waals surface area (Å²) in [6, 6.07) is 16.1. The summed E-state index contributed by atoms with van der Waals surface area (Å²) in [4.78, 5) is 19.0. The highest BCUT2D eigenvalue weighted by Crippen LogP contribution is 2.15. The molecule has 1 heterocycles. The summed E-state index contributed by atoms with van der Waals surface area (Å²) in [5.74, 6) is 0.923. The van der Waals surface area contributed by atoms with Gasteiger partial charge in [-0.15, -0.1) is 0 Å². The van der Waals surface area contributed by atoms with Crippen molar-refractivity contribution in [2.75, 3.05) is 18.0 Å². The zero-order valence-electron chi connectivity index (χ0n) is 16.9. The number of aryl methyl sites for hydroxylation is 1. The molecule has 0 bridgehead atoms. The van der Waals surface area contributed by atoms with Crippen molar-refractivity contribution >= 4 is 11.6 Å². The van der Waals surface area contributed by atoms with Gasteiger partial charge in [0.1, 0.15) is 5.82 Å². The zero-order valence-corrected chi connectivity index (χ0v) is 16.9. The number of anilines is 1. The lowest BCUT2D eigenvalue weighted by Crippen LogP contribution is -2.23. The molecule has 0 atom stereocenters. The normalized spacial score (nSPS) is 10.7. The van der Waals surface area contributed by atoms with Gasteiger partial charge in [-0.2, -0.15) is 0 Å². The lowest BCUT2D eigenvalue weighted by Gasteiger charge is -2.21. The van der Waals surface area contributed by atoms with Gasteiger partial charge in [-0.25, -0.2) is 4.98 Å². The van der Waals surface area contributed by atoms with Gasteiger partial charge in [-0.1, -0.05) is 24.3 Å². The van der Waals surface area contributed by atoms with E-state index < -0.39 is 0 Å². The quantitative estimate of drug-likeness (QED) is 0.646. The molecule has 5 nitrogen and oxygen atoms in total. The highest BCUT2D eigenvalue weighted by Gasteiger charge is 2.07. The topological polar surface area (TPSA) is 50.2 Å². The average molecular weight is 377 g/mol. The Balaban J connectivity index is 1.55. The van der Waals surface area contributed by atoms with E-state index in [1.54, 1.807) is 6.20 Å². The summed E-state index contributed by atoms with van der Waals surface area (Å²) < 4.78 is 2.08. The van der Waals surface area contributed by atoms with E-state index in [9.17, 15) is 4.79 Å². The van der Waals surface area contributed by atoms with E-state index in [0.717, 1.165) is 36.6 Å². The second-order valence-electron chi connectivity index (χ2n) is 6.82. The molecule has 1 aromatic heterocycles. The van der Waals surface area contributed by atoms with Crippen LogP contribution in [-0.4, -0.2) is 28.5 Å². The third-order valence-corrected chi connectivity index (χ3v) is 5.01. The fourth-order valence-corrected chi connectivity index (χ4v) is 3.23. The minimum Gasteiger partial charge on any atom is -0.372 e. The molecule has 2 aromatic carbocycles. The van der Waals surface area contributed by atoms with Crippen molar-refractivity contribution in [2.24, 2.45) is 0 Å². The first-order valence-corrected chi connectivity index (χ1v) is 9.79. The van der Waals surface area contributed by atoms with Crippen molar-refractivity contribution < 1.29 is 4.79 Å². The fourth-order valence-electron chi connectivity index (χ4n) is 3.23. The molecule has 0 aliphatic carbocycles. The van der Waals surface area contributed by atoms with Gasteiger partial charge in [0.2, 0.25) is 0 Å². The van der Waals surface area contributed by atoms with Crippen LogP contribution in [0.4, 0.5) is 5.69 Å². The molecular formula is C23H28N4O. The zero-order chi connectivity index (χ0) is 19.9. The molecule has 1 amide bonds. The number of hydrogen-bond acceptors (Lipinski definition) is 3. The predicted octanol–water partition coefficient (Wildman–Crippen LogP) is 4.02. The Morgan fingerprint density at radius 2 is 1.64 bits per heavy atom. The number of nitrogens with zero attached hydrogens (tertiary/aromatic N) is 3. The lowest BCUT2D eigenvalue weighted by atomic mass is 10.1. The number of aromatic nitrogens is 2. The fraction of sp³-hybridized carbons (Fsp3) is 0.304. The summed E-state index contributed by atoms with van der Waals surface area (Å²) in [7, 11) is 0. The SMILES string of the molecule is CCN(CC)c1ccc(CNC(=O)c2ccc(Cn3ccnc3C)cc2)cc1. The van der Waals surface area contributed by atoms with Crippen LogP contribution in [0.2, 0.25) is 0 Å². The van der Waals surface area contributed by atoms with Crippen LogP contribution < -0.4 is 10.2 Å². The van der Waals surface area contributed by atoms with Gasteiger partial charge in [0.25, 0.3) is 5.91 Å². The van der Waals surface area contributed by atoms with Crippen LogP contribution in [0.1, 0.15) is 41.2 Å². The maximum absolute atomic E-state index is 12.4. The first-order chi connectivity index (χ1) is 13.6. The molecule has 3 aromatic rings. The van der Waals surface area contributed by atoms with Crippen LogP contribution in [-0.2, 0) is 13.1 Å². The Labute approximate surface area is 167 Å². The van der Waals surface area contributed by atoms with E-state index >= 15 is 0 Å². The van der Waals surface area contributed by atoms with Crippen molar-refractivity contribution in [3.05, 3.63) is 83.4 Å². The largest absolute Gasteiger partial charge is 0.372 e. The van der Waals surface area contributed by atoms with Crippen LogP contribution in [0.25, 0.3) is 0 Å². The number of amides is 1. The third kappa shape index (κ3) is 4.80. The van der Waals surface area contributed by atoms with Gasteiger partial charge < -0.3 is 14.8 Å². The Kier molecular flexibility index (Phi) is 6.48. The van der Waals surface area contributed by atoms with Crippen LogP contribution in [0.15, 0.2) is 60.9 Å². The Hall–Kier alpha value is -3.08. The Morgan fingerprint density at radius 3 is 2.21 bits per heavy atom. The standard InChI is InChI=1S/C23H28N4O/c1-4-26(5-2)22-12-8-19(9-13-22)16-25-23(28)21-10-6-20(7-11-21)17-27-15-14-24-18(27)3/h6-15H,4-5,16-17H2,1-3H3,(H,25,28). The molecule has 5 heteroatoms. The predicted molar refractivity (Wildman–Crippen MR) is 114 cm³/mol. The van der Waals surface area contributed by atoms with Crippen molar-refractivity contribution in [3.63, 3.8) is 0 Å². The van der Waals surface area contributed by atoms with Crippen LogP contribution in [0, 0.1) is 6.92 Å². The summed E-state index contributed by atoms with van der Waals surface area (Å²) in [6.07, 6.45) is 3.76. The maximum atomic E-state index is 12.4. The number of rotatable bonds is 8. The maximum Gasteiger partial charge on any atom is 0.251 e. The van der Waals surface area contributed by atoms with Gasteiger partial charge in [0.15, 0.2) is 0 Å². The van der Waals surface area contributed by atoms with Gasteiger partial charge >= 0.3 is 0 Å². The molecular weight excluding hydrogens is 348 g/mol. The first kappa shape index (κ1) is 19.7. The third-order valence-electron chi connectivity index (χ3n) is 5.01. The number of carbonyl (C=O) groups is 1. The van der Waals surface area contributed by atoms with Gasteiger partial charge in [-0.3, -0.25) is 4.79 Å². The summed E-state index contributed by atoms with van der Waals surface area (Å²) in [6.45, 7) is 9.54. The van der Waals surface area contributed by atoms with Gasteiger partial charge in [0, 0.05) is 49.8 Å². The number of imidazole rings is 1. The molecule has 0 radical (unpaired) electrons. The number of carbonyl (C=O) groups excluding carboxylic acids is 1. The van der Waals surface area contributed by atoms with E-state index in [0.29, 0.717) is 12.1 Å². The van der Waals surface area contributed by atoms with Crippen molar-refractivity contribution in [1.82, 2.24) is 14.9 Å². The Bertz CT molecular complexity index is 893. The monoisotopic (exact) mass is 376 g/mol. The summed E-state index contributed by atoms with van der Waals surface area (Å²) >= 11 is 0. The molecule has 0 aliphatic rings. The molecule has 0 aliphatic heterocycles. The lowest BCUT2D eigenvalue weighted by molar-refractivity contribution is 0.0951. The van der Waals surface area contributed by atoms with Crippen LogP contribution >= 0.6 is 0 Å². The first-order valence-electron chi connectivity index (χ1n) is 9.79. The molecule has 0 spiro atoms. The smallest absolute Gasteiger partial charge is 0.251 e. The van der Waals surface area contributed by atoms with E-state index in [1.807, 2.05) is 37.4 Å². The number of hydrogen-bond donors (Lipinski definition) is 1. The van der Waals surface area contributed by atoms with E-state index in [4.69, 9.17) is 0 Å². The molecule has 3 rings (SSSR count). The van der Waals surface area contributed by atoms with E-state index in [2.05, 4.69) is 57.9 Å². The molecule has 0 saturated heterocycles. The molecule has 28 heavy (non-hydrogen) atoms. The van der Waals surface area contributed by atoms with Crippen LogP contribution in [0.5, 0.6) is 0 Å². The van der Waals surface area contributed by atoms with E-state index in [-0.39, 0.29) is 5.91 Å². The molecule has 0 fully saturated rings. The average Bonchev–Trinajstić information content (AvgIpc) is 3.13. The number of benzene rings is 2. The summed E-state index contributed by atoms with van der Waals surface area (Å²) in [5.41, 5.74) is 4.12. The Morgan fingerprint density at radius 1 is 1.00 bits per heavy atom. The summed E-state index contributed by atoms with van der Waals surface area (Å²) in [5, 5.41) is 3.00. The molecule has 1 N–H and O–H groups in total.